The highest BCUT2D eigenvalue weighted by atomic mass is 79.9. The molecule has 1 nitrogen and oxygen atoms in total. The van der Waals surface area contributed by atoms with Crippen LogP contribution in [0.1, 0.15) is 16.7 Å². The summed E-state index contributed by atoms with van der Waals surface area (Å²) >= 11 is 5.35. The van der Waals surface area contributed by atoms with E-state index in [2.05, 4.69) is 88.7 Å². The van der Waals surface area contributed by atoms with Gasteiger partial charge < -0.3 is 5.11 Å². The van der Waals surface area contributed by atoms with Gasteiger partial charge in [-0.2, -0.15) is 0 Å². The molecule has 0 aliphatic heterocycles. The number of rotatable bonds is 3. The molecular formula is C31H21BrOS. The highest BCUT2D eigenvalue weighted by Gasteiger charge is 2.41. The molecule has 0 aromatic heterocycles. The van der Waals surface area contributed by atoms with E-state index in [1.54, 1.807) is 11.8 Å². The van der Waals surface area contributed by atoms with Crippen molar-refractivity contribution in [1.29, 1.82) is 0 Å². The third kappa shape index (κ3) is 3.43. The summed E-state index contributed by atoms with van der Waals surface area (Å²) < 4.78 is 0.987. The monoisotopic (exact) mass is 520 g/mol. The molecule has 1 N–H and O–H groups in total. The van der Waals surface area contributed by atoms with Gasteiger partial charge in [0.25, 0.3) is 0 Å². The van der Waals surface area contributed by atoms with E-state index in [1.807, 2.05) is 48.5 Å². The predicted octanol–water partition coefficient (Wildman–Crippen LogP) is 8.53. The molecule has 5 aromatic rings. The first-order valence-corrected chi connectivity index (χ1v) is 12.8. The Morgan fingerprint density at radius 3 is 1.85 bits per heavy atom. The molecule has 0 fully saturated rings. The summed E-state index contributed by atoms with van der Waals surface area (Å²) in [7, 11) is 0. The van der Waals surface area contributed by atoms with Crippen molar-refractivity contribution in [2.45, 2.75) is 15.4 Å². The van der Waals surface area contributed by atoms with E-state index in [-0.39, 0.29) is 0 Å². The molecule has 164 valence electrons. The van der Waals surface area contributed by atoms with Crippen molar-refractivity contribution in [2.75, 3.05) is 0 Å². The summed E-state index contributed by atoms with van der Waals surface area (Å²) in [4.78, 5) is 2.17. The average Bonchev–Trinajstić information content (AvgIpc) is 2.97. The summed E-state index contributed by atoms with van der Waals surface area (Å²) in [6, 6.07) is 41.4. The summed E-state index contributed by atoms with van der Waals surface area (Å²) in [5.41, 5.74) is 5.66. The maximum Gasteiger partial charge on any atom is 0.142 e. The molecule has 0 heterocycles. The number of hydrogen-bond acceptors (Lipinski definition) is 2. The normalized spacial score (nSPS) is 16.2. The van der Waals surface area contributed by atoms with Gasteiger partial charge in [0.1, 0.15) is 5.60 Å². The van der Waals surface area contributed by atoms with E-state index in [0.29, 0.717) is 0 Å². The van der Waals surface area contributed by atoms with Crippen molar-refractivity contribution in [1.82, 2.24) is 0 Å². The fraction of sp³-hybridized carbons (Fsp3) is 0.0323. The Hall–Kier alpha value is -3.11. The molecule has 0 radical (unpaired) electrons. The van der Waals surface area contributed by atoms with Crippen LogP contribution in [0.15, 0.2) is 136 Å². The Kier molecular flexibility index (Phi) is 5.41. The van der Waals surface area contributed by atoms with Crippen LogP contribution >= 0.6 is 27.7 Å². The van der Waals surface area contributed by atoms with Gasteiger partial charge in [-0.3, -0.25) is 0 Å². The van der Waals surface area contributed by atoms with Crippen LogP contribution in [0.5, 0.6) is 0 Å². The lowest BCUT2D eigenvalue weighted by atomic mass is 9.78. The van der Waals surface area contributed by atoms with Crippen LogP contribution in [0.4, 0.5) is 0 Å². The van der Waals surface area contributed by atoms with E-state index in [9.17, 15) is 5.11 Å². The molecule has 5 aromatic carbocycles. The average molecular weight is 521 g/mol. The van der Waals surface area contributed by atoms with Crippen LogP contribution in [0.2, 0.25) is 0 Å². The lowest BCUT2D eigenvalue weighted by Crippen LogP contribution is -2.30. The quantitative estimate of drug-likeness (QED) is 0.257. The molecule has 1 atom stereocenters. The molecule has 0 spiro atoms. The summed E-state index contributed by atoms with van der Waals surface area (Å²) in [5.74, 6) is 0. The molecule has 1 aliphatic rings. The Morgan fingerprint density at radius 2 is 1.09 bits per heavy atom. The van der Waals surface area contributed by atoms with E-state index in [1.165, 1.54) is 0 Å². The van der Waals surface area contributed by atoms with Crippen LogP contribution in [-0.4, -0.2) is 5.11 Å². The second kappa shape index (κ2) is 8.59. The van der Waals surface area contributed by atoms with Gasteiger partial charge >= 0.3 is 0 Å². The summed E-state index contributed by atoms with van der Waals surface area (Å²) in [5, 5.41) is 12.9. The number of halogens is 1. The standard InChI is InChI=1S/C31H21BrOS/c32-21-18-19-28-26(20-21)24-13-5-4-12-23(24)25-14-6-7-15-27(25)31(28,33)29-16-8-9-17-30(29)34-22-10-2-1-3-11-22/h1-20,33H. The SMILES string of the molecule is OC1(c2ccccc2Sc2ccccc2)c2ccccc2-c2ccccc2-c2cc(Br)ccc21. The maximum absolute atomic E-state index is 12.9. The Balaban J connectivity index is 1.69. The Labute approximate surface area is 212 Å². The maximum atomic E-state index is 12.9. The lowest BCUT2D eigenvalue weighted by molar-refractivity contribution is 0.124. The van der Waals surface area contributed by atoms with Crippen molar-refractivity contribution in [3.05, 3.63) is 142 Å². The lowest BCUT2D eigenvalue weighted by Gasteiger charge is -2.33. The smallest absolute Gasteiger partial charge is 0.142 e. The van der Waals surface area contributed by atoms with E-state index in [0.717, 1.165) is 53.2 Å². The van der Waals surface area contributed by atoms with Crippen LogP contribution in [0.25, 0.3) is 22.3 Å². The second-order valence-electron chi connectivity index (χ2n) is 8.40. The van der Waals surface area contributed by atoms with Gasteiger partial charge in [0.05, 0.1) is 0 Å². The zero-order chi connectivity index (χ0) is 23.1. The molecular weight excluding hydrogens is 500 g/mol. The first-order chi connectivity index (χ1) is 16.7. The van der Waals surface area contributed by atoms with Crippen molar-refractivity contribution in [3.8, 4) is 22.3 Å². The molecule has 6 rings (SSSR count). The molecule has 0 amide bonds. The summed E-state index contributed by atoms with van der Waals surface area (Å²) in [6.45, 7) is 0. The molecule has 34 heavy (non-hydrogen) atoms. The Bertz CT molecular complexity index is 1510. The second-order valence-corrected chi connectivity index (χ2v) is 10.4. The number of hydrogen-bond donors (Lipinski definition) is 1. The minimum atomic E-state index is -1.33. The summed E-state index contributed by atoms with van der Waals surface area (Å²) in [6.07, 6.45) is 0. The highest BCUT2D eigenvalue weighted by Crippen LogP contribution is 2.52. The van der Waals surface area contributed by atoms with Crippen LogP contribution in [0.3, 0.4) is 0 Å². The number of benzene rings is 5. The van der Waals surface area contributed by atoms with Crippen LogP contribution < -0.4 is 0 Å². The molecule has 0 saturated heterocycles. The topological polar surface area (TPSA) is 20.2 Å². The van der Waals surface area contributed by atoms with Gasteiger partial charge in [-0.25, -0.2) is 0 Å². The van der Waals surface area contributed by atoms with Gasteiger partial charge in [-0.05, 0) is 52.6 Å². The third-order valence-electron chi connectivity index (χ3n) is 6.44. The zero-order valence-corrected chi connectivity index (χ0v) is 20.7. The van der Waals surface area contributed by atoms with Crippen molar-refractivity contribution >= 4 is 27.7 Å². The number of fused-ring (bicyclic) bond motifs is 5. The Morgan fingerprint density at radius 1 is 0.529 bits per heavy atom. The van der Waals surface area contributed by atoms with Crippen molar-refractivity contribution < 1.29 is 5.11 Å². The zero-order valence-electron chi connectivity index (χ0n) is 18.3. The van der Waals surface area contributed by atoms with Gasteiger partial charge in [0.2, 0.25) is 0 Å². The molecule has 3 heteroatoms. The van der Waals surface area contributed by atoms with Crippen molar-refractivity contribution in [3.63, 3.8) is 0 Å². The van der Waals surface area contributed by atoms with Gasteiger partial charge in [0, 0.05) is 31.0 Å². The van der Waals surface area contributed by atoms with Gasteiger partial charge in [-0.1, -0.05) is 119 Å². The molecule has 1 unspecified atom stereocenters. The minimum Gasteiger partial charge on any atom is -0.376 e. The largest absolute Gasteiger partial charge is 0.376 e. The van der Waals surface area contributed by atoms with Gasteiger partial charge in [-0.15, -0.1) is 0 Å². The molecule has 0 bridgehead atoms. The first kappa shape index (κ1) is 21.4. The van der Waals surface area contributed by atoms with Gasteiger partial charge in [0.15, 0.2) is 0 Å². The predicted molar refractivity (Wildman–Crippen MR) is 144 cm³/mol. The van der Waals surface area contributed by atoms with Crippen LogP contribution in [0, 0.1) is 0 Å². The van der Waals surface area contributed by atoms with Crippen LogP contribution in [-0.2, 0) is 5.60 Å². The first-order valence-electron chi connectivity index (χ1n) is 11.2. The fourth-order valence-corrected chi connectivity index (χ4v) is 6.33. The number of aliphatic hydroxyl groups is 1. The fourth-order valence-electron chi connectivity index (χ4n) is 4.95. The van der Waals surface area contributed by atoms with E-state index in [4.69, 9.17) is 0 Å². The minimum absolute atomic E-state index is 0.882. The van der Waals surface area contributed by atoms with E-state index < -0.39 is 5.60 Å². The third-order valence-corrected chi connectivity index (χ3v) is 8.02. The van der Waals surface area contributed by atoms with Crippen molar-refractivity contribution in [2.24, 2.45) is 0 Å². The van der Waals surface area contributed by atoms with E-state index >= 15 is 0 Å². The molecule has 1 aliphatic carbocycles. The highest BCUT2D eigenvalue weighted by molar-refractivity contribution is 9.10. The molecule has 0 saturated carbocycles.